The Morgan fingerprint density at radius 3 is 2.67 bits per heavy atom. The van der Waals surface area contributed by atoms with Gasteiger partial charge in [0.05, 0.1) is 10.6 Å². The second-order valence-electron chi connectivity index (χ2n) is 4.50. The van der Waals surface area contributed by atoms with Gasteiger partial charge in [-0.05, 0) is 31.4 Å². The molecule has 0 heterocycles. The maximum absolute atomic E-state index is 13.4. The Morgan fingerprint density at radius 1 is 1.50 bits per heavy atom. The summed E-state index contributed by atoms with van der Waals surface area (Å²) in [5.41, 5.74) is 5.52. The van der Waals surface area contributed by atoms with Gasteiger partial charge < -0.3 is 11.1 Å². The maximum atomic E-state index is 13.4. The van der Waals surface area contributed by atoms with Crippen molar-refractivity contribution in [1.82, 2.24) is 5.32 Å². The minimum atomic E-state index is -0.616. The summed E-state index contributed by atoms with van der Waals surface area (Å²) in [6, 6.07) is 4.16. The molecule has 0 aliphatic heterocycles. The van der Waals surface area contributed by atoms with Gasteiger partial charge in [-0.2, -0.15) is 0 Å². The van der Waals surface area contributed by atoms with Gasteiger partial charge in [0.15, 0.2) is 0 Å². The summed E-state index contributed by atoms with van der Waals surface area (Å²) in [4.78, 5) is 11.8. The fourth-order valence-corrected chi connectivity index (χ4v) is 2.12. The first kappa shape index (κ1) is 15.2. The van der Waals surface area contributed by atoms with Crippen molar-refractivity contribution in [2.24, 2.45) is 5.73 Å². The monoisotopic (exact) mass is 292 g/mol. The molecule has 0 spiro atoms. The topological polar surface area (TPSA) is 55.1 Å². The number of benzene rings is 1. The molecule has 6 heteroatoms. The molecule has 1 aliphatic rings. The summed E-state index contributed by atoms with van der Waals surface area (Å²) in [5, 5.41) is 2.75. The highest BCUT2D eigenvalue weighted by atomic mass is 35.5. The number of amides is 1. The molecular formula is C12H15Cl2FN2O. The third kappa shape index (κ3) is 3.13. The van der Waals surface area contributed by atoms with Crippen molar-refractivity contribution in [3.63, 3.8) is 0 Å². The second-order valence-corrected chi connectivity index (χ2v) is 4.90. The Morgan fingerprint density at radius 2 is 2.17 bits per heavy atom. The lowest BCUT2D eigenvalue weighted by Crippen LogP contribution is -2.55. The maximum Gasteiger partial charge on any atom is 0.255 e. The quantitative estimate of drug-likeness (QED) is 0.899. The first-order chi connectivity index (χ1) is 8.02. The Kier molecular flexibility index (Phi) is 4.96. The Hall–Kier alpha value is -0.840. The predicted octanol–water partition coefficient (Wildman–Crippen LogP) is 2.51. The van der Waals surface area contributed by atoms with Crippen molar-refractivity contribution >= 4 is 29.9 Å². The lowest BCUT2D eigenvalue weighted by atomic mass is 9.78. The SMILES string of the molecule is Cl.NC1(CNC(=O)c2c(F)cccc2Cl)CCC1. The zero-order valence-corrected chi connectivity index (χ0v) is 11.3. The van der Waals surface area contributed by atoms with E-state index in [1.54, 1.807) is 0 Å². The van der Waals surface area contributed by atoms with Gasteiger partial charge in [0, 0.05) is 12.1 Å². The summed E-state index contributed by atoms with van der Waals surface area (Å²) in [6.45, 7) is 0.358. The van der Waals surface area contributed by atoms with E-state index in [2.05, 4.69) is 5.32 Å². The second kappa shape index (κ2) is 5.87. The molecule has 18 heavy (non-hydrogen) atoms. The van der Waals surface area contributed by atoms with Crippen molar-refractivity contribution < 1.29 is 9.18 Å². The van der Waals surface area contributed by atoms with Crippen molar-refractivity contribution in [2.45, 2.75) is 24.8 Å². The summed E-state index contributed by atoms with van der Waals surface area (Å²) >= 11 is 5.79. The first-order valence-corrected chi connectivity index (χ1v) is 5.91. The molecule has 1 fully saturated rings. The molecule has 0 radical (unpaired) electrons. The number of halogens is 3. The molecule has 2 rings (SSSR count). The number of hydrogen-bond donors (Lipinski definition) is 2. The Bertz CT molecular complexity index is 429. The van der Waals surface area contributed by atoms with Crippen LogP contribution in [0.2, 0.25) is 5.02 Å². The van der Waals surface area contributed by atoms with Crippen molar-refractivity contribution in [2.75, 3.05) is 6.54 Å². The van der Waals surface area contributed by atoms with Crippen LogP contribution in [0.4, 0.5) is 4.39 Å². The number of rotatable bonds is 3. The molecule has 3 nitrogen and oxygen atoms in total. The molecule has 1 saturated carbocycles. The van der Waals surface area contributed by atoms with Gasteiger partial charge in [0.2, 0.25) is 0 Å². The van der Waals surface area contributed by atoms with Crippen LogP contribution >= 0.6 is 24.0 Å². The van der Waals surface area contributed by atoms with E-state index < -0.39 is 11.7 Å². The Labute approximate surface area is 116 Å². The lowest BCUT2D eigenvalue weighted by molar-refractivity contribution is 0.0926. The molecule has 1 aromatic carbocycles. The molecule has 0 aromatic heterocycles. The van der Waals surface area contributed by atoms with E-state index in [0.29, 0.717) is 6.54 Å². The van der Waals surface area contributed by atoms with Crippen LogP contribution in [0.3, 0.4) is 0 Å². The van der Waals surface area contributed by atoms with Crippen LogP contribution in [0.5, 0.6) is 0 Å². The first-order valence-electron chi connectivity index (χ1n) is 5.53. The zero-order valence-electron chi connectivity index (χ0n) is 9.71. The van der Waals surface area contributed by atoms with Gasteiger partial charge in [0.25, 0.3) is 5.91 Å². The van der Waals surface area contributed by atoms with Crippen LogP contribution in [0.25, 0.3) is 0 Å². The molecule has 0 unspecified atom stereocenters. The standard InChI is InChI=1S/C12H14ClFN2O.ClH/c13-8-3-1-4-9(14)10(8)11(17)16-7-12(15)5-2-6-12;/h1,3-4H,2,5-7,15H2,(H,16,17);1H. The third-order valence-corrected chi connectivity index (χ3v) is 3.46. The third-order valence-electron chi connectivity index (χ3n) is 3.14. The molecule has 1 amide bonds. The van der Waals surface area contributed by atoms with Crippen LogP contribution in [0.1, 0.15) is 29.6 Å². The summed E-state index contributed by atoms with van der Waals surface area (Å²) in [6.07, 6.45) is 2.85. The minimum Gasteiger partial charge on any atom is -0.350 e. The van der Waals surface area contributed by atoms with Crippen LogP contribution in [0.15, 0.2) is 18.2 Å². The van der Waals surface area contributed by atoms with E-state index in [1.807, 2.05) is 0 Å². The number of nitrogens with two attached hydrogens (primary N) is 1. The molecule has 100 valence electrons. The van der Waals surface area contributed by atoms with Gasteiger partial charge >= 0.3 is 0 Å². The zero-order chi connectivity index (χ0) is 12.5. The Balaban J connectivity index is 0.00000162. The van der Waals surface area contributed by atoms with Gasteiger partial charge in [-0.25, -0.2) is 4.39 Å². The molecule has 3 N–H and O–H groups in total. The van der Waals surface area contributed by atoms with E-state index in [4.69, 9.17) is 17.3 Å². The highest BCUT2D eigenvalue weighted by Gasteiger charge is 2.33. The van der Waals surface area contributed by atoms with Crippen molar-refractivity contribution in [3.8, 4) is 0 Å². The number of carbonyl (C=O) groups excluding carboxylic acids is 1. The lowest BCUT2D eigenvalue weighted by Gasteiger charge is -2.38. The van der Waals surface area contributed by atoms with E-state index in [0.717, 1.165) is 19.3 Å². The van der Waals surface area contributed by atoms with Crippen LogP contribution in [0, 0.1) is 5.82 Å². The predicted molar refractivity (Wildman–Crippen MR) is 71.8 cm³/mol. The van der Waals surface area contributed by atoms with Gasteiger partial charge in [-0.3, -0.25) is 4.79 Å². The molecular weight excluding hydrogens is 278 g/mol. The summed E-state index contributed by atoms with van der Waals surface area (Å²) in [5.74, 6) is -1.13. The molecule has 1 aliphatic carbocycles. The molecule has 1 aromatic rings. The highest BCUT2D eigenvalue weighted by molar-refractivity contribution is 6.33. The van der Waals surface area contributed by atoms with Crippen molar-refractivity contribution in [1.29, 1.82) is 0 Å². The summed E-state index contributed by atoms with van der Waals surface area (Å²) in [7, 11) is 0. The van der Waals surface area contributed by atoms with Gasteiger partial charge in [-0.1, -0.05) is 17.7 Å². The number of hydrogen-bond acceptors (Lipinski definition) is 2. The van der Waals surface area contributed by atoms with E-state index in [9.17, 15) is 9.18 Å². The van der Waals surface area contributed by atoms with Crippen LogP contribution in [-0.2, 0) is 0 Å². The minimum absolute atomic E-state index is 0. The summed E-state index contributed by atoms with van der Waals surface area (Å²) < 4.78 is 13.4. The van der Waals surface area contributed by atoms with Gasteiger partial charge in [0.1, 0.15) is 5.82 Å². The average molecular weight is 293 g/mol. The fraction of sp³-hybridized carbons (Fsp3) is 0.417. The number of nitrogens with one attached hydrogen (secondary N) is 1. The number of carbonyl (C=O) groups is 1. The smallest absolute Gasteiger partial charge is 0.255 e. The average Bonchev–Trinajstić information content (AvgIpc) is 2.23. The highest BCUT2D eigenvalue weighted by Crippen LogP contribution is 2.28. The van der Waals surface area contributed by atoms with E-state index in [1.165, 1.54) is 18.2 Å². The van der Waals surface area contributed by atoms with E-state index in [-0.39, 0.29) is 28.5 Å². The van der Waals surface area contributed by atoms with Gasteiger partial charge in [-0.15, -0.1) is 12.4 Å². The fourth-order valence-electron chi connectivity index (χ4n) is 1.87. The van der Waals surface area contributed by atoms with E-state index >= 15 is 0 Å². The molecule has 0 saturated heterocycles. The normalized spacial score (nSPS) is 16.4. The van der Waals surface area contributed by atoms with Crippen LogP contribution < -0.4 is 11.1 Å². The molecule has 0 bridgehead atoms. The van der Waals surface area contributed by atoms with Crippen molar-refractivity contribution in [3.05, 3.63) is 34.6 Å². The van der Waals surface area contributed by atoms with Crippen LogP contribution in [-0.4, -0.2) is 18.0 Å². The molecule has 0 atom stereocenters. The largest absolute Gasteiger partial charge is 0.350 e.